The maximum atomic E-state index is 11.3. The number of aromatic nitrogens is 2. The Morgan fingerprint density at radius 2 is 2.00 bits per heavy atom. The second kappa shape index (κ2) is 4.57. The molecule has 0 aliphatic heterocycles. The molecule has 0 saturated carbocycles. The van der Waals surface area contributed by atoms with Gasteiger partial charge < -0.3 is 5.11 Å². The lowest BCUT2D eigenvalue weighted by molar-refractivity contribution is 0.0687. The maximum absolute atomic E-state index is 11.3. The van der Waals surface area contributed by atoms with E-state index >= 15 is 0 Å². The number of benzene rings is 1. The topological polar surface area (TPSA) is 55.1 Å². The van der Waals surface area contributed by atoms with Crippen LogP contribution in [0, 0.1) is 20.8 Å². The second-order valence-corrected chi connectivity index (χ2v) is 5.08. The van der Waals surface area contributed by atoms with E-state index in [-0.39, 0.29) is 5.69 Å². The zero-order valence-corrected chi connectivity index (χ0v) is 11.9. The minimum absolute atomic E-state index is 0.220. The van der Waals surface area contributed by atoms with E-state index in [2.05, 4.69) is 20.9 Å². The first-order valence-electron chi connectivity index (χ1n) is 5.47. The zero-order valence-electron chi connectivity index (χ0n) is 10.4. The van der Waals surface area contributed by atoms with E-state index in [1.807, 2.05) is 25.1 Å². The Labute approximate surface area is 113 Å². The van der Waals surface area contributed by atoms with Gasteiger partial charge in [-0.1, -0.05) is 15.9 Å². The highest BCUT2D eigenvalue weighted by Crippen LogP contribution is 2.23. The van der Waals surface area contributed by atoms with Crippen LogP contribution in [-0.2, 0) is 0 Å². The SMILES string of the molecule is Cc1cc(Br)ccc1-n1c(C)nc(C)c1C(=O)O. The molecular formula is C13H13BrN2O2. The van der Waals surface area contributed by atoms with E-state index in [0.29, 0.717) is 11.5 Å². The number of aromatic carboxylic acids is 1. The van der Waals surface area contributed by atoms with Crippen LogP contribution >= 0.6 is 15.9 Å². The fraction of sp³-hybridized carbons (Fsp3) is 0.231. The molecule has 0 radical (unpaired) electrons. The van der Waals surface area contributed by atoms with Gasteiger partial charge in [-0.3, -0.25) is 4.57 Å². The molecule has 0 atom stereocenters. The first kappa shape index (κ1) is 12.8. The van der Waals surface area contributed by atoms with E-state index in [0.717, 1.165) is 15.7 Å². The molecule has 0 unspecified atom stereocenters. The molecule has 1 N–H and O–H groups in total. The molecule has 2 rings (SSSR count). The van der Waals surface area contributed by atoms with Crippen molar-refractivity contribution in [3.05, 3.63) is 45.4 Å². The van der Waals surface area contributed by atoms with Gasteiger partial charge in [0.2, 0.25) is 0 Å². The summed E-state index contributed by atoms with van der Waals surface area (Å²) < 4.78 is 2.65. The lowest BCUT2D eigenvalue weighted by Gasteiger charge is -2.11. The molecule has 0 saturated heterocycles. The molecule has 1 aromatic heterocycles. The smallest absolute Gasteiger partial charge is 0.354 e. The molecule has 0 fully saturated rings. The fourth-order valence-corrected chi connectivity index (χ4v) is 2.56. The average Bonchev–Trinajstić information content (AvgIpc) is 2.53. The Morgan fingerprint density at radius 3 is 2.56 bits per heavy atom. The molecular weight excluding hydrogens is 296 g/mol. The van der Waals surface area contributed by atoms with Crippen LogP contribution in [0.2, 0.25) is 0 Å². The quantitative estimate of drug-likeness (QED) is 0.926. The Hall–Kier alpha value is -1.62. The van der Waals surface area contributed by atoms with Gasteiger partial charge in [0.15, 0.2) is 5.69 Å². The number of rotatable bonds is 2. The van der Waals surface area contributed by atoms with Crippen molar-refractivity contribution in [1.29, 1.82) is 0 Å². The summed E-state index contributed by atoms with van der Waals surface area (Å²) in [5.74, 6) is -0.286. The molecule has 5 heteroatoms. The van der Waals surface area contributed by atoms with Crippen molar-refractivity contribution in [3.63, 3.8) is 0 Å². The predicted molar refractivity (Wildman–Crippen MR) is 72.4 cm³/mol. The summed E-state index contributed by atoms with van der Waals surface area (Å²) in [5.41, 5.74) is 2.58. The van der Waals surface area contributed by atoms with Crippen LogP contribution in [0.1, 0.15) is 27.6 Å². The van der Waals surface area contributed by atoms with Gasteiger partial charge in [-0.15, -0.1) is 0 Å². The molecule has 0 bridgehead atoms. The minimum atomic E-state index is -0.963. The highest BCUT2D eigenvalue weighted by atomic mass is 79.9. The Bertz CT molecular complexity index is 632. The molecule has 0 aliphatic carbocycles. The van der Waals surface area contributed by atoms with Crippen molar-refractivity contribution in [2.45, 2.75) is 20.8 Å². The fourth-order valence-electron chi connectivity index (χ4n) is 2.08. The maximum Gasteiger partial charge on any atom is 0.354 e. The minimum Gasteiger partial charge on any atom is -0.477 e. The van der Waals surface area contributed by atoms with Crippen LogP contribution in [0.5, 0.6) is 0 Å². The van der Waals surface area contributed by atoms with Gasteiger partial charge >= 0.3 is 5.97 Å². The molecule has 4 nitrogen and oxygen atoms in total. The van der Waals surface area contributed by atoms with Gasteiger partial charge in [0.1, 0.15) is 5.82 Å². The number of carboxylic acids is 1. The van der Waals surface area contributed by atoms with E-state index < -0.39 is 5.97 Å². The zero-order chi connectivity index (χ0) is 13.4. The van der Waals surface area contributed by atoms with Crippen LogP contribution in [0.4, 0.5) is 0 Å². The summed E-state index contributed by atoms with van der Waals surface area (Å²) in [4.78, 5) is 15.6. The van der Waals surface area contributed by atoms with Crippen molar-refractivity contribution in [1.82, 2.24) is 9.55 Å². The van der Waals surface area contributed by atoms with E-state index in [9.17, 15) is 9.90 Å². The van der Waals surface area contributed by atoms with Crippen LogP contribution in [0.3, 0.4) is 0 Å². The number of hydrogen-bond acceptors (Lipinski definition) is 2. The van der Waals surface area contributed by atoms with Crippen LogP contribution < -0.4 is 0 Å². The third-order valence-corrected chi connectivity index (χ3v) is 3.31. The summed E-state index contributed by atoms with van der Waals surface area (Å²) in [5, 5.41) is 9.30. The number of imidazole rings is 1. The Morgan fingerprint density at radius 1 is 1.33 bits per heavy atom. The van der Waals surface area contributed by atoms with E-state index in [4.69, 9.17) is 0 Å². The number of hydrogen-bond donors (Lipinski definition) is 1. The summed E-state index contributed by atoms with van der Waals surface area (Å²) in [6.07, 6.45) is 0. The summed E-state index contributed by atoms with van der Waals surface area (Å²) in [6, 6.07) is 5.73. The second-order valence-electron chi connectivity index (χ2n) is 4.16. The van der Waals surface area contributed by atoms with Crippen LogP contribution in [0.25, 0.3) is 5.69 Å². The summed E-state index contributed by atoms with van der Waals surface area (Å²) >= 11 is 3.40. The molecule has 0 spiro atoms. The highest BCUT2D eigenvalue weighted by Gasteiger charge is 2.20. The van der Waals surface area contributed by atoms with Crippen LogP contribution in [-0.4, -0.2) is 20.6 Å². The summed E-state index contributed by atoms with van der Waals surface area (Å²) in [7, 11) is 0. The lowest BCUT2D eigenvalue weighted by atomic mass is 10.2. The first-order chi connectivity index (χ1) is 8.41. The standard InChI is InChI=1S/C13H13BrN2O2/c1-7-6-10(14)4-5-11(7)16-9(3)15-8(2)12(16)13(17)18/h4-6H,1-3H3,(H,17,18). The molecule has 0 amide bonds. The van der Waals surface area contributed by atoms with E-state index in [1.54, 1.807) is 18.4 Å². The predicted octanol–water partition coefficient (Wildman–Crippen LogP) is 3.26. The monoisotopic (exact) mass is 308 g/mol. The van der Waals surface area contributed by atoms with Gasteiger partial charge in [-0.05, 0) is 44.5 Å². The first-order valence-corrected chi connectivity index (χ1v) is 6.27. The van der Waals surface area contributed by atoms with Crippen molar-refractivity contribution < 1.29 is 9.90 Å². The largest absolute Gasteiger partial charge is 0.477 e. The molecule has 18 heavy (non-hydrogen) atoms. The van der Waals surface area contributed by atoms with Crippen molar-refractivity contribution in [2.24, 2.45) is 0 Å². The van der Waals surface area contributed by atoms with Gasteiger partial charge in [-0.2, -0.15) is 0 Å². The van der Waals surface area contributed by atoms with Gasteiger partial charge in [0, 0.05) is 4.47 Å². The number of aryl methyl sites for hydroxylation is 3. The molecule has 1 heterocycles. The molecule has 0 aliphatic rings. The van der Waals surface area contributed by atoms with Gasteiger partial charge in [-0.25, -0.2) is 9.78 Å². The number of carboxylic acid groups (broad SMARTS) is 1. The lowest BCUT2D eigenvalue weighted by Crippen LogP contribution is -2.10. The molecule has 94 valence electrons. The van der Waals surface area contributed by atoms with Crippen molar-refractivity contribution >= 4 is 21.9 Å². The van der Waals surface area contributed by atoms with Crippen molar-refractivity contribution in [3.8, 4) is 5.69 Å². The highest BCUT2D eigenvalue weighted by molar-refractivity contribution is 9.10. The summed E-state index contributed by atoms with van der Waals surface area (Å²) in [6.45, 7) is 5.46. The number of nitrogens with zero attached hydrogens (tertiary/aromatic N) is 2. The molecule has 1 aromatic carbocycles. The molecule has 2 aromatic rings. The van der Waals surface area contributed by atoms with Gasteiger partial charge in [0.25, 0.3) is 0 Å². The Balaban J connectivity index is 2.74. The normalized spacial score (nSPS) is 10.7. The third-order valence-electron chi connectivity index (χ3n) is 2.82. The van der Waals surface area contributed by atoms with Crippen LogP contribution in [0.15, 0.2) is 22.7 Å². The number of carbonyl (C=O) groups is 1. The van der Waals surface area contributed by atoms with Crippen molar-refractivity contribution in [2.75, 3.05) is 0 Å². The third kappa shape index (κ3) is 2.06. The van der Waals surface area contributed by atoms with Gasteiger partial charge in [0.05, 0.1) is 11.4 Å². The average molecular weight is 309 g/mol. The van der Waals surface area contributed by atoms with E-state index in [1.165, 1.54) is 0 Å². The number of halogens is 1. The Kier molecular flexibility index (Phi) is 3.26.